The molecule has 0 unspecified atom stereocenters. The highest BCUT2D eigenvalue weighted by Gasteiger charge is 2.16. The number of nitrogens with zero attached hydrogens (tertiary/aromatic N) is 3. The third-order valence-electron chi connectivity index (χ3n) is 2.45. The number of rotatable bonds is 1. The Kier molecular flexibility index (Phi) is 2.23. The summed E-state index contributed by atoms with van der Waals surface area (Å²) in [6, 6.07) is 5.71. The molecule has 1 saturated heterocycles. The van der Waals surface area contributed by atoms with Crippen LogP contribution in [0.15, 0.2) is 12.1 Å². The second kappa shape index (κ2) is 3.54. The molecule has 0 bridgehead atoms. The van der Waals surface area contributed by atoms with Crippen molar-refractivity contribution in [1.82, 2.24) is 4.98 Å². The molecule has 0 spiro atoms. The van der Waals surface area contributed by atoms with Crippen molar-refractivity contribution >= 4 is 11.5 Å². The largest absolute Gasteiger partial charge is 0.384 e. The van der Waals surface area contributed by atoms with Crippen LogP contribution in [0.2, 0.25) is 0 Å². The fourth-order valence-electron chi connectivity index (χ4n) is 1.76. The van der Waals surface area contributed by atoms with Crippen LogP contribution in [0.25, 0.3) is 0 Å². The highest BCUT2D eigenvalue weighted by molar-refractivity contribution is 5.59. The molecule has 14 heavy (non-hydrogen) atoms. The highest BCUT2D eigenvalue weighted by Crippen LogP contribution is 2.23. The first-order valence-corrected chi connectivity index (χ1v) is 4.73. The van der Waals surface area contributed by atoms with Gasteiger partial charge in [-0.15, -0.1) is 0 Å². The minimum absolute atomic E-state index is 0.407. The smallest absolute Gasteiger partial charge is 0.166 e. The van der Waals surface area contributed by atoms with Gasteiger partial charge < -0.3 is 10.6 Å². The zero-order valence-electron chi connectivity index (χ0n) is 7.90. The van der Waals surface area contributed by atoms with Crippen LogP contribution >= 0.6 is 0 Å². The van der Waals surface area contributed by atoms with E-state index in [1.54, 1.807) is 6.07 Å². The summed E-state index contributed by atoms with van der Waals surface area (Å²) < 4.78 is 0. The summed E-state index contributed by atoms with van der Waals surface area (Å²) >= 11 is 0. The van der Waals surface area contributed by atoms with Gasteiger partial charge in [-0.25, -0.2) is 4.98 Å². The second-order valence-corrected chi connectivity index (χ2v) is 3.41. The normalized spacial score (nSPS) is 15.5. The molecule has 1 fully saturated rings. The van der Waals surface area contributed by atoms with Gasteiger partial charge in [0.25, 0.3) is 0 Å². The molecule has 2 rings (SSSR count). The van der Waals surface area contributed by atoms with Crippen LogP contribution in [0, 0.1) is 11.3 Å². The standard InChI is InChI=1S/C10H12N4/c11-7-8-9(3-4-10(12)13-8)14-5-1-2-6-14/h3-4H,1-2,5-6H2,(H2,12,13). The number of nitriles is 1. The van der Waals surface area contributed by atoms with Gasteiger partial charge in [-0.05, 0) is 25.0 Å². The number of pyridine rings is 1. The van der Waals surface area contributed by atoms with Crippen LogP contribution < -0.4 is 10.6 Å². The van der Waals surface area contributed by atoms with Crippen molar-refractivity contribution in [1.29, 1.82) is 5.26 Å². The number of hydrogen-bond donors (Lipinski definition) is 1. The fraction of sp³-hybridized carbons (Fsp3) is 0.400. The highest BCUT2D eigenvalue weighted by atomic mass is 15.2. The Morgan fingerprint density at radius 2 is 2.07 bits per heavy atom. The van der Waals surface area contributed by atoms with Crippen molar-refractivity contribution in [2.75, 3.05) is 23.7 Å². The number of nitrogen functional groups attached to an aromatic ring is 1. The van der Waals surface area contributed by atoms with Gasteiger partial charge in [0.15, 0.2) is 5.69 Å². The van der Waals surface area contributed by atoms with E-state index < -0.39 is 0 Å². The number of anilines is 2. The average molecular weight is 188 g/mol. The van der Waals surface area contributed by atoms with E-state index in [4.69, 9.17) is 11.0 Å². The SMILES string of the molecule is N#Cc1nc(N)ccc1N1CCCC1. The van der Waals surface area contributed by atoms with Crippen molar-refractivity contribution < 1.29 is 0 Å². The van der Waals surface area contributed by atoms with Gasteiger partial charge in [-0.2, -0.15) is 5.26 Å². The molecule has 1 aliphatic rings. The van der Waals surface area contributed by atoms with E-state index in [-0.39, 0.29) is 0 Å². The third kappa shape index (κ3) is 1.49. The Morgan fingerprint density at radius 3 is 2.71 bits per heavy atom. The molecule has 0 atom stereocenters. The maximum atomic E-state index is 8.91. The second-order valence-electron chi connectivity index (χ2n) is 3.41. The van der Waals surface area contributed by atoms with Gasteiger partial charge >= 0.3 is 0 Å². The van der Waals surface area contributed by atoms with Crippen LogP contribution in [0.5, 0.6) is 0 Å². The predicted molar refractivity (Wildman–Crippen MR) is 54.8 cm³/mol. The third-order valence-corrected chi connectivity index (χ3v) is 2.45. The Bertz CT molecular complexity index is 374. The summed E-state index contributed by atoms with van der Waals surface area (Å²) in [6.07, 6.45) is 2.38. The molecule has 0 aliphatic carbocycles. The van der Waals surface area contributed by atoms with Gasteiger partial charge in [0, 0.05) is 13.1 Å². The first-order chi connectivity index (χ1) is 6.81. The van der Waals surface area contributed by atoms with Gasteiger partial charge in [0.2, 0.25) is 0 Å². The summed E-state index contributed by atoms with van der Waals surface area (Å²) in [4.78, 5) is 6.20. The molecule has 4 heteroatoms. The number of aromatic nitrogens is 1. The van der Waals surface area contributed by atoms with E-state index in [1.807, 2.05) is 6.07 Å². The van der Waals surface area contributed by atoms with E-state index >= 15 is 0 Å². The van der Waals surface area contributed by atoms with Crippen LogP contribution in [0.1, 0.15) is 18.5 Å². The lowest BCUT2D eigenvalue weighted by Gasteiger charge is -2.18. The van der Waals surface area contributed by atoms with E-state index in [1.165, 1.54) is 12.8 Å². The molecule has 0 aromatic carbocycles. The molecule has 4 nitrogen and oxygen atoms in total. The Hall–Kier alpha value is -1.76. The topological polar surface area (TPSA) is 65.9 Å². The molecule has 1 aliphatic heterocycles. The Balaban J connectivity index is 2.37. The predicted octanol–water partition coefficient (Wildman–Crippen LogP) is 1.14. The van der Waals surface area contributed by atoms with Crippen LogP contribution in [0.3, 0.4) is 0 Å². The summed E-state index contributed by atoms with van der Waals surface area (Å²) in [5, 5.41) is 8.91. The van der Waals surface area contributed by atoms with Crippen molar-refractivity contribution in [3.63, 3.8) is 0 Å². The quantitative estimate of drug-likeness (QED) is 0.717. The first kappa shape index (κ1) is 8.82. The molecular formula is C10H12N4. The Morgan fingerprint density at radius 1 is 1.36 bits per heavy atom. The fourth-order valence-corrected chi connectivity index (χ4v) is 1.76. The molecule has 0 saturated carbocycles. The maximum Gasteiger partial charge on any atom is 0.166 e. The molecule has 0 radical (unpaired) electrons. The summed E-state index contributed by atoms with van der Waals surface area (Å²) in [7, 11) is 0. The van der Waals surface area contributed by atoms with Gasteiger partial charge in [-0.1, -0.05) is 0 Å². The summed E-state index contributed by atoms with van der Waals surface area (Å²) in [5.74, 6) is 0.407. The van der Waals surface area contributed by atoms with E-state index in [9.17, 15) is 0 Å². The monoisotopic (exact) mass is 188 g/mol. The van der Waals surface area contributed by atoms with E-state index in [0.29, 0.717) is 11.5 Å². The molecule has 2 N–H and O–H groups in total. The zero-order valence-corrected chi connectivity index (χ0v) is 7.90. The molecule has 0 amide bonds. The van der Waals surface area contributed by atoms with E-state index in [0.717, 1.165) is 18.8 Å². The molecule has 1 aromatic rings. The van der Waals surface area contributed by atoms with Gasteiger partial charge in [-0.3, -0.25) is 0 Å². The van der Waals surface area contributed by atoms with Gasteiger partial charge in [0.05, 0.1) is 5.69 Å². The molecule has 1 aromatic heterocycles. The first-order valence-electron chi connectivity index (χ1n) is 4.73. The van der Waals surface area contributed by atoms with Crippen molar-refractivity contribution in [3.05, 3.63) is 17.8 Å². The Labute approximate surface area is 83.0 Å². The van der Waals surface area contributed by atoms with Crippen molar-refractivity contribution in [3.8, 4) is 6.07 Å². The summed E-state index contributed by atoms with van der Waals surface area (Å²) in [6.45, 7) is 2.03. The zero-order chi connectivity index (χ0) is 9.97. The lowest BCUT2D eigenvalue weighted by Crippen LogP contribution is -2.19. The minimum atomic E-state index is 0.407. The average Bonchev–Trinajstić information content (AvgIpc) is 2.70. The number of nitrogens with two attached hydrogens (primary N) is 1. The van der Waals surface area contributed by atoms with Crippen molar-refractivity contribution in [2.45, 2.75) is 12.8 Å². The lowest BCUT2D eigenvalue weighted by molar-refractivity contribution is 0.949. The number of hydrogen-bond acceptors (Lipinski definition) is 4. The van der Waals surface area contributed by atoms with Gasteiger partial charge in [0.1, 0.15) is 11.9 Å². The van der Waals surface area contributed by atoms with Crippen LogP contribution in [0.4, 0.5) is 11.5 Å². The minimum Gasteiger partial charge on any atom is -0.384 e. The van der Waals surface area contributed by atoms with Crippen molar-refractivity contribution in [2.24, 2.45) is 0 Å². The maximum absolute atomic E-state index is 8.91. The van der Waals surface area contributed by atoms with Crippen LogP contribution in [-0.4, -0.2) is 18.1 Å². The molecule has 2 heterocycles. The molecule has 72 valence electrons. The summed E-state index contributed by atoms with van der Waals surface area (Å²) in [5.41, 5.74) is 6.87. The lowest BCUT2D eigenvalue weighted by atomic mass is 10.3. The van der Waals surface area contributed by atoms with E-state index in [2.05, 4.69) is 16.0 Å². The van der Waals surface area contributed by atoms with Crippen LogP contribution in [-0.2, 0) is 0 Å². The molecular weight excluding hydrogens is 176 g/mol.